The van der Waals surface area contributed by atoms with Crippen molar-refractivity contribution in [1.82, 2.24) is 0 Å². The number of nitrogens with two attached hydrogens (primary N) is 1. The zero-order valence-electron chi connectivity index (χ0n) is 11.0. The van der Waals surface area contributed by atoms with Gasteiger partial charge >= 0.3 is 0 Å². The summed E-state index contributed by atoms with van der Waals surface area (Å²) in [6.07, 6.45) is 0. The number of allylic oxidation sites excluding steroid dienone is 1. The van der Waals surface area contributed by atoms with Gasteiger partial charge in [0.25, 0.3) is 5.69 Å². The van der Waals surface area contributed by atoms with Crippen LogP contribution in [0.5, 0.6) is 0 Å². The van der Waals surface area contributed by atoms with Crippen LogP contribution in [0.25, 0.3) is 0 Å². The molecule has 0 aliphatic carbocycles. The molecule has 0 fully saturated rings. The minimum atomic E-state index is -0.460. The molecule has 20 heavy (non-hydrogen) atoms. The summed E-state index contributed by atoms with van der Waals surface area (Å²) >= 11 is 1.23. The molecular formula is C13H13N3O3S. The molecule has 104 valence electrons. The number of Topliss-reactive ketones (excluding diaryl/α,β-unsaturated/α-hetero) is 1. The van der Waals surface area contributed by atoms with Crippen molar-refractivity contribution in [2.24, 2.45) is 10.7 Å². The number of non-ortho nitro benzene ring substituents is 1. The van der Waals surface area contributed by atoms with Crippen LogP contribution in [0, 0.1) is 10.1 Å². The first-order chi connectivity index (χ1) is 9.40. The first-order valence-electron chi connectivity index (χ1n) is 5.87. The Morgan fingerprint density at radius 1 is 1.50 bits per heavy atom. The molecule has 0 radical (unpaired) electrons. The molecule has 0 aromatic heterocycles. The number of nitro groups is 1. The minimum absolute atomic E-state index is 0.00950. The third kappa shape index (κ3) is 2.72. The van der Waals surface area contributed by atoms with Gasteiger partial charge in [-0.15, -0.1) is 0 Å². The summed E-state index contributed by atoms with van der Waals surface area (Å²) in [4.78, 5) is 26.3. The van der Waals surface area contributed by atoms with Crippen LogP contribution < -0.4 is 5.73 Å². The van der Waals surface area contributed by atoms with Crippen LogP contribution in [0.15, 0.2) is 40.5 Å². The predicted octanol–water partition coefficient (Wildman–Crippen LogP) is 2.56. The summed E-state index contributed by atoms with van der Waals surface area (Å²) in [7, 11) is 0. The predicted molar refractivity (Wildman–Crippen MR) is 78.4 cm³/mol. The lowest BCUT2D eigenvalue weighted by atomic mass is 9.99. The molecule has 0 amide bonds. The highest BCUT2D eigenvalue weighted by Crippen LogP contribution is 2.41. The molecule has 1 aliphatic rings. The fourth-order valence-electron chi connectivity index (χ4n) is 2.10. The Morgan fingerprint density at radius 2 is 2.20 bits per heavy atom. The third-order valence-electron chi connectivity index (χ3n) is 2.93. The van der Waals surface area contributed by atoms with E-state index in [-0.39, 0.29) is 16.7 Å². The molecular weight excluding hydrogens is 278 g/mol. The average Bonchev–Trinajstić information content (AvgIpc) is 2.37. The van der Waals surface area contributed by atoms with Gasteiger partial charge in [0, 0.05) is 23.4 Å². The van der Waals surface area contributed by atoms with E-state index in [1.165, 1.54) is 30.8 Å². The molecule has 1 atom stereocenters. The van der Waals surface area contributed by atoms with E-state index in [0.717, 1.165) is 0 Å². The van der Waals surface area contributed by atoms with E-state index < -0.39 is 4.92 Å². The highest BCUT2D eigenvalue weighted by atomic mass is 32.2. The first kappa shape index (κ1) is 14.3. The standard InChI is InChI=1S/C13H13N3O3S/c1-7-11(8(2)17)12(20-13(14)15-7)9-4-3-5-10(6-9)16(18)19/h3-6,12H,1-2H3,(H2,14,15). The van der Waals surface area contributed by atoms with E-state index in [2.05, 4.69) is 4.99 Å². The maximum Gasteiger partial charge on any atom is 0.269 e. The zero-order valence-corrected chi connectivity index (χ0v) is 11.8. The fourth-order valence-corrected chi connectivity index (χ4v) is 3.26. The second-order valence-corrected chi connectivity index (χ2v) is 5.48. The number of thioether (sulfide) groups is 1. The summed E-state index contributed by atoms with van der Waals surface area (Å²) in [5, 5.41) is 10.8. The number of amidine groups is 1. The van der Waals surface area contributed by atoms with Crippen LogP contribution in [-0.2, 0) is 4.79 Å². The Kier molecular flexibility index (Phi) is 3.89. The molecule has 2 N–H and O–H groups in total. The van der Waals surface area contributed by atoms with E-state index in [0.29, 0.717) is 22.0 Å². The van der Waals surface area contributed by atoms with Gasteiger partial charge < -0.3 is 5.73 Å². The number of benzene rings is 1. The molecule has 0 bridgehead atoms. The normalized spacial score (nSPS) is 18.7. The molecule has 1 aromatic carbocycles. The number of nitro benzene ring substituents is 1. The first-order valence-corrected chi connectivity index (χ1v) is 6.75. The largest absolute Gasteiger partial charge is 0.378 e. The van der Waals surface area contributed by atoms with Crippen molar-refractivity contribution in [3.8, 4) is 0 Å². The highest BCUT2D eigenvalue weighted by Gasteiger charge is 2.28. The summed E-state index contributed by atoms with van der Waals surface area (Å²) < 4.78 is 0. The van der Waals surface area contributed by atoms with Gasteiger partial charge in [0.05, 0.1) is 10.2 Å². The van der Waals surface area contributed by atoms with Crippen LogP contribution in [0.4, 0.5) is 5.69 Å². The van der Waals surface area contributed by atoms with Crippen LogP contribution in [0.2, 0.25) is 0 Å². The fraction of sp³-hybridized carbons (Fsp3) is 0.231. The molecule has 0 spiro atoms. The van der Waals surface area contributed by atoms with Crippen molar-refractivity contribution in [3.63, 3.8) is 0 Å². The maximum absolute atomic E-state index is 11.8. The highest BCUT2D eigenvalue weighted by molar-refractivity contribution is 8.14. The Bertz CT molecular complexity index is 652. The monoisotopic (exact) mass is 291 g/mol. The molecule has 1 aliphatic heterocycles. The number of carbonyl (C=O) groups excluding carboxylic acids is 1. The number of hydrogen-bond donors (Lipinski definition) is 1. The molecule has 7 heteroatoms. The van der Waals surface area contributed by atoms with Gasteiger partial charge in [-0.05, 0) is 19.4 Å². The van der Waals surface area contributed by atoms with Crippen LogP contribution in [0.1, 0.15) is 24.7 Å². The quantitative estimate of drug-likeness (QED) is 0.681. The molecule has 0 saturated heterocycles. The van der Waals surface area contributed by atoms with Gasteiger partial charge in [-0.25, -0.2) is 4.99 Å². The van der Waals surface area contributed by atoms with Gasteiger partial charge in [-0.2, -0.15) is 0 Å². The van der Waals surface area contributed by atoms with Crippen molar-refractivity contribution in [3.05, 3.63) is 51.2 Å². The number of ketones is 1. The van der Waals surface area contributed by atoms with Gasteiger partial charge in [-0.1, -0.05) is 23.9 Å². The van der Waals surface area contributed by atoms with Crippen molar-refractivity contribution >= 4 is 28.4 Å². The van der Waals surface area contributed by atoms with Crippen molar-refractivity contribution in [1.29, 1.82) is 0 Å². The minimum Gasteiger partial charge on any atom is -0.378 e. The Balaban J connectivity index is 2.51. The second-order valence-electron chi connectivity index (χ2n) is 4.36. The number of aliphatic imine (C=N–C) groups is 1. The van der Waals surface area contributed by atoms with Gasteiger partial charge in [0.1, 0.15) is 0 Å². The lowest BCUT2D eigenvalue weighted by Gasteiger charge is -2.23. The summed E-state index contributed by atoms with van der Waals surface area (Å²) in [5.74, 6) is -0.109. The smallest absolute Gasteiger partial charge is 0.269 e. The molecule has 1 unspecified atom stereocenters. The number of carbonyl (C=O) groups is 1. The molecule has 6 nitrogen and oxygen atoms in total. The van der Waals surface area contributed by atoms with E-state index in [4.69, 9.17) is 5.73 Å². The SMILES string of the molecule is CC(=O)C1=C(C)N=C(N)SC1c1cccc([N+](=O)[O-])c1. The van der Waals surface area contributed by atoms with Crippen molar-refractivity contribution in [2.75, 3.05) is 0 Å². The second kappa shape index (κ2) is 5.46. The molecule has 1 aromatic rings. The Morgan fingerprint density at radius 3 is 2.80 bits per heavy atom. The van der Waals surface area contributed by atoms with Gasteiger partial charge in [0.2, 0.25) is 0 Å². The Labute approximate surface area is 119 Å². The van der Waals surface area contributed by atoms with E-state index in [9.17, 15) is 14.9 Å². The Hall–Kier alpha value is -2.15. The number of rotatable bonds is 3. The topological polar surface area (TPSA) is 98.6 Å². The summed E-state index contributed by atoms with van der Waals surface area (Å²) in [6, 6.07) is 6.23. The van der Waals surface area contributed by atoms with Crippen molar-refractivity contribution in [2.45, 2.75) is 19.1 Å². The van der Waals surface area contributed by atoms with Crippen LogP contribution in [0.3, 0.4) is 0 Å². The number of nitrogens with zero attached hydrogens (tertiary/aromatic N) is 2. The van der Waals surface area contributed by atoms with Crippen LogP contribution >= 0.6 is 11.8 Å². The van der Waals surface area contributed by atoms with Gasteiger partial charge in [-0.3, -0.25) is 14.9 Å². The molecule has 2 rings (SSSR count). The van der Waals surface area contributed by atoms with Gasteiger partial charge in [0.15, 0.2) is 11.0 Å². The van der Waals surface area contributed by atoms with Crippen LogP contribution in [-0.4, -0.2) is 15.9 Å². The van der Waals surface area contributed by atoms with E-state index in [1.807, 2.05) is 0 Å². The average molecular weight is 291 g/mol. The summed E-state index contributed by atoms with van der Waals surface area (Å²) in [5.41, 5.74) is 7.50. The lowest BCUT2D eigenvalue weighted by Crippen LogP contribution is -2.19. The lowest BCUT2D eigenvalue weighted by molar-refractivity contribution is -0.384. The number of hydrogen-bond acceptors (Lipinski definition) is 6. The van der Waals surface area contributed by atoms with E-state index in [1.54, 1.807) is 19.1 Å². The van der Waals surface area contributed by atoms with Crippen molar-refractivity contribution < 1.29 is 9.72 Å². The molecule has 1 heterocycles. The summed E-state index contributed by atoms with van der Waals surface area (Å²) in [6.45, 7) is 3.18. The zero-order chi connectivity index (χ0) is 14.9. The van der Waals surface area contributed by atoms with E-state index >= 15 is 0 Å². The maximum atomic E-state index is 11.8. The molecule has 0 saturated carbocycles. The third-order valence-corrected chi connectivity index (χ3v) is 4.01.